The van der Waals surface area contributed by atoms with Crippen molar-refractivity contribution >= 4 is 40.5 Å². The van der Waals surface area contributed by atoms with Crippen molar-refractivity contribution < 1.29 is 9.90 Å². The van der Waals surface area contributed by atoms with Crippen LogP contribution in [0.4, 0.5) is 0 Å². The Labute approximate surface area is 263 Å². The summed E-state index contributed by atoms with van der Waals surface area (Å²) in [6.45, 7) is 2.94. The van der Waals surface area contributed by atoms with Gasteiger partial charge < -0.3 is 9.67 Å². The van der Waals surface area contributed by atoms with E-state index in [2.05, 4.69) is 23.6 Å². The Morgan fingerprint density at radius 1 is 0.860 bits per heavy atom. The number of unbranched alkanes of at least 4 members (excludes halogenated alkanes) is 1. The summed E-state index contributed by atoms with van der Waals surface area (Å²) in [6, 6.07) is 15.6. The fourth-order valence-corrected chi connectivity index (χ4v) is 9.00. The van der Waals surface area contributed by atoms with E-state index in [9.17, 15) is 9.90 Å². The van der Waals surface area contributed by atoms with Crippen LogP contribution in [0.5, 0.6) is 0 Å². The fraction of sp³-hybridized carbons (Fsp3) is 0.486. The number of rotatable bonds is 11. The minimum absolute atomic E-state index is 0.323. The smallest absolute Gasteiger partial charge is 0.336 e. The minimum atomic E-state index is -0.906. The Hall–Kier alpha value is -2.84. The van der Waals surface area contributed by atoms with E-state index in [4.69, 9.17) is 15.2 Å². The van der Waals surface area contributed by atoms with Gasteiger partial charge in [-0.05, 0) is 54.9 Å². The lowest BCUT2D eigenvalue weighted by Crippen LogP contribution is -2.11. The molecule has 2 aliphatic rings. The second-order valence-corrected chi connectivity index (χ2v) is 14.6. The second-order valence-electron chi connectivity index (χ2n) is 12.0. The molecule has 0 radical (unpaired) electrons. The maximum absolute atomic E-state index is 11.8. The molecule has 2 aliphatic carbocycles. The Morgan fingerprint density at radius 2 is 1.49 bits per heavy atom. The highest BCUT2D eigenvalue weighted by molar-refractivity contribution is 8.00. The van der Waals surface area contributed by atoms with Crippen LogP contribution in [0, 0.1) is 0 Å². The summed E-state index contributed by atoms with van der Waals surface area (Å²) in [6.07, 6.45) is 16.0. The third kappa shape index (κ3) is 7.12. The Morgan fingerprint density at radius 3 is 2.14 bits per heavy atom. The van der Waals surface area contributed by atoms with Gasteiger partial charge in [-0.2, -0.15) is 0 Å². The molecule has 0 saturated heterocycles. The summed E-state index contributed by atoms with van der Waals surface area (Å²) in [7, 11) is 0. The molecule has 0 unspecified atom stereocenters. The van der Waals surface area contributed by atoms with Crippen LogP contribution in [0.1, 0.15) is 106 Å². The van der Waals surface area contributed by atoms with Gasteiger partial charge in [0.25, 0.3) is 0 Å². The molecule has 2 fully saturated rings. The van der Waals surface area contributed by atoms with Crippen LogP contribution < -0.4 is 0 Å². The first-order chi connectivity index (χ1) is 21.1. The average Bonchev–Trinajstić information content (AvgIpc) is 3.41. The maximum Gasteiger partial charge on any atom is 0.336 e. The number of imidazole rings is 1. The molecular weight excluding hydrogens is 573 g/mol. The van der Waals surface area contributed by atoms with Crippen molar-refractivity contribution in [1.82, 2.24) is 19.7 Å². The monoisotopic (exact) mass is 614 g/mol. The first-order valence-electron chi connectivity index (χ1n) is 16.1. The summed E-state index contributed by atoms with van der Waals surface area (Å²) < 4.78 is 2.41. The molecule has 43 heavy (non-hydrogen) atoms. The molecule has 2 aromatic heterocycles. The topological polar surface area (TPSA) is 80.9 Å². The van der Waals surface area contributed by atoms with Gasteiger partial charge in [0.2, 0.25) is 0 Å². The van der Waals surface area contributed by atoms with Crippen molar-refractivity contribution in [3.8, 4) is 11.1 Å². The van der Waals surface area contributed by atoms with Gasteiger partial charge in [0.05, 0.1) is 5.56 Å². The summed E-state index contributed by atoms with van der Waals surface area (Å²) >= 11 is 3.81. The van der Waals surface area contributed by atoms with E-state index in [1.54, 1.807) is 12.1 Å². The van der Waals surface area contributed by atoms with Crippen molar-refractivity contribution in [1.29, 1.82) is 0 Å². The number of carboxylic acid groups (broad SMARTS) is 1. The number of nitrogens with zero attached hydrogens (tertiary/aromatic N) is 4. The van der Waals surface area contributed by atoms with Crippen molar-refractivity contribution in [3.63, 3.8) is 0 Å². The van der Waals surface area contributed by atoms with Gasteiger partial charge in [-0.3, -0.25) is 0 Å². The third-order valence-corrected chi connectivity index (χ3v) is 11.5. The van der Waals surface area contributed by atoms with Crippen molar-refractivity contribution in [3.05, 3.63) is 65.5 Å². The Balaban J connectivity index is 1.39. The Bertz CT molecular complexity index is 1540. The summed E-state index contributed by atoms with van der Waals surface area (Å²) in [5.41, 5.74) is 5.32. The maximum atomic E-state index is 11.8. The molecular formula is C35H42N4O2S2. The summed E-state index contributed by atoms with van der Waals surface area (Å²) in [4.78, 5) is 17.1. The molecule has 0 amide bonds. The average molecular weight is 615 g/mol. The standard InChI is InChI=1S/C35H42N4O2S2/c1-2-3-18-30-36-31-32(39(30)23-24-19-21-25(22-20-24)28-16-10-11-17-29(28)35(40)41)34(43-27-14-8-5-9-15-27)38-37-33(31)42-26-12-6-4-7-13-26/h10-11,16-17,19-22,26-27H,2-9,12-15,18,23H2,1H3,(H,40,41). The zero-order chi connectivity index (χ0) is 29.6. The number of thioether (sulfide) groups is 2. The van der Waals surface area contributed by atoms with E-state index in [0.29, 0.717) is 22.6 Å². The highest BCUT2D eigenvalue weighted by Gasteiger charge is 2.26. The lowest BCUT2D eigenvalue weighted by molar-refractivity contribution is 0.0697. The van der Waals surface area contributed by atoms with E-state index < -0.39 is 5.97 Å². The van der Waals surface area contributed by atoms with Gasteiger partial charge in [0.1, 0.15) is 26.9 Å². The van der Waals surface area contributed by atoms with Gasteiger partial charge in [0.15, 0.2) is 0 Å². The number of aryl methyl sites for hydroxylation is 1. The van der Waals surface area contributed by atoms with E-state index in [-0.39, 0.29) is 0 Å². The molecule has 226 valence electrons. The van der Waals surface area contributed by atoms with Gasteiger partial charge in [-0.1, -0.05) is 118 Å². The molecule has 0 bridgehead atoms. The molecule has 0 atom stereocenters. The molecule has 2 aromatic carbocycles. The lowest BCUT2D eigenvalue weighted by Gasteiger charge is -2.22. The molecule has 4 aromatic rings. The quantitative estimate of drug-likeness (QED) is 0.180. The van der Waals surface area contributed by atoms with Crippen LogP contribution in [0.15, 0.2) is 58.6 Å². The van der Waals surface area contributed by atoms with Crippen molar-refractivity contribution in [2.45, 2.75) is 117 Å². The van der Waals surface area contributed by atoms with Crippen LogP contribution in [-0.2, 0) is 13.0 Å². The number of aromatic carboxylic acids is 1. The molecule has 6 rings (SSSR count). The van der Waals surface area contributed by atoms with E-state index in [1.165, 1.54) is 69.8 Å². The zero-order valence-electron chi connectivity index (χ0n) is 25.1. The van der Waals surface area contributed by atoms with Crippen LogP contribution in [0.25, 0.3) is 22.2 Å². The first-order valence-corrected chi connectivity index (χ1v) is 17.9. The number of benzene rings is 2. The largest absolute Gasteiger partial charge is 0.478 e. The number of carbonyl (C=O) groups is 1. The first kappa shape index (κ1) is 30.2. The van der Waals surface area contributed by atoms with Crippen LogP contribution in [0.2, 0.25) is 0 Å². The van der Waals surface area contributed by atoms with Crippen LogP contribution >= 0.6 is 23.5 Å². The predicted octanol–water partition coefficient (Wildman–Crippen LogP) is 9.43. The highest BCUT2D eigenvalue weighted by Crippen LogP contribution is 2.41. The van der Waals surface area contributed by atoms with Crippen molar-refractivity contribution in [2.75, 3.05) is 0 Å². The van der Waals surface area contributed by atoms with E-state index in [0.717, 1.165) is 57.3 Å². The van der Waals surface area contributed by atoms with Crippen LogP contribution in [0.3, 0.4) is 0 Å². The van der Waals surface area contributed by atoms with Gasteiger partial charge in [0, 0.05) is 23.5 Å². The molecule has 1 N–H and O–H groups in total. The number of aromatic nitrogens is 4. The van der Waals surface area contributed by atoms with E-state index in [1.807, 2.05) is 47.8 Å². The fourth-order valence-electron chi connectivity index (χ4n) is 6.48. The molecule has 0 spiro atoms. The molecule has 8 heteroatoms. The molecule has 2 heterocycles. The third-order valence-electron chi connectivity index (χ3n) is 8.86. The molecule has 2 saturated carbocycles. The second kappa shape index (κ2) is 14.3. The number of hydrogen-bond donors (Lipinski definition) is 1. The number of hydrogen-bond acceptors (Lipinski definition) is 6. The Kier molecular flexibility index (Phi) is 10.0. The van der Waals surface area contributed by atoms with E-state index >= 15 is 0 Å². The zero-order valence-corrected chi connectivity index (χ0v) is 26.8. The summed E-state index contributed by atoms with van der Waals surface area (Å²) in [5.74, 6) is 0.207. The minimum Gasteiger partial charge on any atom is -0.478 e. The molecule has 0 aliphatic heterocycles. The van der Waals surface area contributed by atoms with Gasteiger partial charge in [-0.15, -0.1) is 10.2 Å². The van der Waals surface area contributed by atoms with Gasteiger partial charge >= 0.3 is 5.97 Å². The highest BCUT2D eigenvalue weighted by atomic mass is 32.2. The van der Waals surface area contributed by atoms with Crippen LogP contribution in [-0.4, -0.2) is 41.3 Å². The SMILES string of the molecule is CCCCc1nc2c(SC3CCCCC3)nnc(SC3CCCCC3)c2n1Cc1ccc(-c2ccccc2C(=O)O)cc1. The summed E-state index contributed by atoms with van der Waals surface area (Å²) in [5, 5.41) is 22.7. The predicted molar refractivity (Wildman–Crippen MR) is 177 cm³/mol. The normalized spacial score (nSPS) is 16.6. The number of carboxylic acids is 1. The molecule has 6 nitrogen and oxygen atoms in total. The number of fused-ring (bicyclic) bond motifs is 1. The van der Waals surface area contributed by atoms with Crippen molar-refractivity contribution in [2.24, 2.45) is 0 Å². The van der Waals surface area contributed by atoms with Gasteiger partial charge in [-0.25, -0.2) is 9.78 Å². The lowest BCUT2D eigenvalue weighted by atomic mass is 9.99.